The van der Waals surface area contributed by atoms with Gasteiger partial charge in [-0.15, -0.1) is 5.11 Å². The average Bonchev–Trinajstić information content (AvgIpc) is 2.89. The zero-order valence-electron chi connectivity index (χ0n) is 20.3. The monoisotopic (exact) mass is 480 g/mol. The minimum atomic E-state index is -0.454. The lowest BCUT2D eigenvalue weighted by molar-refractivity contribution is 0.0952. The summed E-state index contributed by atoms with van der Waals surface area (Å²) in [6.45, 7) is 4.64. The number of aromatic hydroxyl groups is 1. The van der Waals surface area contributed by atoms with Crippen LogP contribution in [0, 0.1) is 6.92 Å². The molecule has 0 bridgehead atoms. The Bertz CT molecular complexity index is 1430. The molecular weight excluding hydrogens is 452 g/mol. The van der Waals surface area contributed by atoms with Crippen molar-refractivity contribution in [2.45, 2.75) is 26.7 Å². The second kappa shape index (κ2) is 11.3. The van der Waals surface area contributed by atoms with Gasteiger partial charge in [-0.05, 0) is 55.1 Å². The molecule has 4 aromatic carbocycles. The molecule has 0 aromatic heterocycles. The van der Waals surface area contributed by atoms with E-state index in [-0.39, 0.29) is 22.9 Å². The topological polar surface area (TPSA) is 103 Å². The molecule has 0 heterocycles. The second-order valence-corrected chi connectivity index (χ2v) is 8.52. The van der Waals surface area contributed by atoms with Gasteiger partial charge < -0.3 is 15.7 Å². The van der Waals surface area contributed by atoms with Gasteiger partial charge in [0, 0.05) is 23.2 Å². The van der Waals surface area contributed by atoms with Crippen LogP contribution in [0.3, 0.4) is 0 Å². The Morgan fingerprint density at radius 1 is 0.889 bits per heavy atom. The van der Waals surface area contributed by atoms with Crippen molar-refractivity contribution in [3.63, 3.8) is 0 Å². The van der Waals surface area contributed by atoms with Gasteiger partial charge in [-0.2, -0.15) is 5.11 Å². The Labute approximate surface area is 209 Å². The van der Waals surface area contributed by atoms with Crippen LogP contribution in [0.1, 0.15) is 46.0 Å². The van der Waals surface area contributed by atoms with E-state index in [1.165, 1.54) is 0 Å². The lowest BCUT2D eigenvalue weighted by atomic mass is 10.0. The Morgan fingerprint density at radius 3 is 2.44 bits per heavy atom. The number of nitrogens with one attached hydrogen (secondary N) is 2. The van der Waals surface area contributed by atoms with Gasteiger partial charge in [0.1, 0.15) is 5.69 Å². The van der Waals surface area contributed by atoms with Crippen molar-refractivity contribution in [3.05, 3.63) is 95.6 Å². The van der Waals surface area contributed by atoms with Crippen LogP contribution in [0.2, 0.25) is 0 Å². The number of amides is 2. The van der Waals surface area contributed by atoms with Crippen molar-refractivity contribution in [2.24, 2.45) is 10.2 Å². The fraction of sp³-hybridized carbons (Fsp3) is 0.172. The Morgan fingerprint density at radius 2 is 1.67 bits per heavy atom. The summed E-state index contributed by atoms with van der Waals surface area (Å²) in [5, 5.41) is 26.7. The highest BCUT2D eigenvalue weighted by atomic mass is 16.3. The van der Waals surface area contributed by atoms with Crippen LogP contribution in [0.5, 0.6) is 5.75 Å². The molecule has 0 unspecified atom stereocenters. The molecule has 4 rings (SSSR count). The van der Waals surface area contributed by atoms with E-state index >= 15 is 0 Å². The van der Waals surface area contributed by atoms with E-state index in [4.69, 9.17) is 0 Å². The van der Waals surface area contributed by atoms with E-state index in [1.807, 2.05) is 43.3 Å². The van der Waals surface area contributed by atoms with Crippen molar-refractivity contribution in [2.75, 3.05) is 11.9 Å². The molecule has 3 N–H and O–H groups in total. The third-order valence-corrected chi connectivity index (χ3v) is 5.74. The van der Waals surface area contributed by atoms with Crippen molar-refractivity contribution in [1.82, 2.24) is 5.32 Å². The summed E-state index contributed by atoms with van der Waals surface area (Å²) in [4.78, 5) is 25.4. The maximum atomic E-state index is 13.0. The summed E-state index contributed by atoms with van der Waals surface area (Å²) in [5.74, 6) is -0.900. The molecule has 0 aliphatic heterocycles. The number of carbonyl (C=O) groups is 2. The molecule has 182 valence electrons. The first-order valence-corrected chi connectivity index (χ1v) is 11.9. The molecule has 0 saturated heterocycles. The molecule has 0 saturated carbocycles. The number of benzene rings is 4. The van der Waals surface area contributed by atoms with Gasteiger partial charge in [0.05, 0.1) is 11.3 Å². The molecule has 0 fully saturated rings. The van der Waals surface area contributed by atoms with Crippen LogP contribution < -0.4 is 10.6 Å². The number of fused-ring (bicyclic) bond motifs is 1. The molecule has 2 amide bonds. The zero-order chi connectivity index (χ0) is 25.5. The van der Waals surface area contributed by atoms with Crippen LogP contribution in [0.4, 0.5) is 17.1 Å². The number of hydrogen-bond acceptors (Lipinski definition) is 5. The quantitative estimate of drug-likeness (QED) is 0.186. The Balaban J connectivity index is 1.66. The number of aryl methyl sites for hydroxylation is 1. The summed E-state index contributed by atoms with van der Waals surface area (Å²) in [5.41, 5.74) is 2.90. The Hall–Kier alpha value is -4.52. The third kappa shape index (κ3) is 5.75. The summed E-state index contributed by atoms with van der Waals surface area (Å²) >= 11 is 0. The van der Waals surface area contributed by atoms with E-state index < -0.39 is 5.91 Å². The number of hydrogen-bond donors (Lipinski definition) is 3. The summed E-state index contributed by atoms with van der Waals surface area (Å²) in [7, 11) is 0. The van der Waals surface area contributed by atoms with Crippen LogP contribution >= 0.6 is 0 Å². The maximum Gasteiger partial charge on any atom is 0.259 e. The van der Waals surface area contributed by atoms with Gasteiger partial charge in [0.15, 0.2) is 5.75 Å². The molecular formula is C29H28N4O3. The number of phenols is 1. The molecule has 0 aliphatic rings. The normalized spacial score (nSPS) is 11.1. The first kappa shape index (κ1) is 24.6. The lowest BCUT2D eigenvalue weighted by Crippen LogP contribution is -2.24. The molecule has 0 radical (unpaired) electrons. The van der Waals surface area contributed by atoms with Gasteiger partial charge in [0.2, 0.25) is 0 Å². The average molecular weight is 481 g/mol. The fourth-order valence-electron chi connectivity index (χ4n) is 3.72. The highest BCUT2D eigenvalue weighted by Gasteiger charge is 2.18. The predicted molar refractivity (Wildman–Crippen MR) is 143 cm³/mol. The van der Waals surface area contributed by atoms with E-state index in [1.54, 1.807) is 42.5 Å². The lowest BCUT2D eigenvalue weighted by Gasteiger charge is -2.11. The van der Waals surface area contributed by atoms with Crippen LogP contribution in [-0.4, -0.2) is 23.5 Å². The SMILES string of the molecule is CCCCNC(=O)c1cccc(N=Nc2c(O)c(C(=O)Nc3ccc(C)cc3)cc3ccccc23)c1. The summed E-state index contributed by atoms with van der Waals surface area (Å²) < 4.78 is 0. The van der Waals surface area contributed by atoms with Gasteiger partial charge in [0.25, 0.3) is 11.8 Å². The fourth-order valence-corrected chi connectivity index (χ4v) is 3.72. The van der Waals surface area contributed by atoms with E-state index in [2.05, 4.69) is 27.8 Å². The number of anilines is 1. The minimum Gasteiger partial charge on any atom is -0.505 e. The first-order valence-electron chi connectivity index (χ1n) is 11.9. The first-order chi connectivity index (χ1) is 17.5. The smallest absolute Gasteiger partial charge is 0.259 e. The van der Waals surface area contributed by atoms with E-state index in [0.717, 1.165) is 23.8 Å². The molecule has 7 heteroatoms. The summed E-state index contributed by atoms with van der Waals surface area (Å²) in [6.07, 6.45) is 1.90. The largest absolute Gasteiger partial charge is 0.505 e. The molecule has 0 aliphatic carbocycles. The van der Waals surface area contributed by atoms with Crippen molar-refractivity contribution < 1.29 is 14.7 Å². The van der Waals surface area contributed by atoms with E-state index in [9.17, 15) is 14.7 Å². The maximum absolute atomic E-state index is 13.0. The molecule has 4 aromatic rings. The standard InChI is InChI=1S/C29H28N4O3/c1-3-4-16-30-28(35)21-9-7-10-23(17-21)32-33-26-24-11-6-5-8-20(24)18-25(27(26)34)29(36)31-22-14-12-19(2)13-15-22/h5-15,17-18,34H,3-4,16H2,1-2H3,(H,30,35)(H,31,36). The molecule has 36 heavy (non-hydrogen) atoms. The third-order valence-electron chi connectivity index (χ3n) is 5.74. The van der Waals surface area contributed by atoms with Crippen molar-refractivity contribution >= 4 is 39.6 Å². The predicted octanol–water partition coefficient (Wildman–Crippen LogP) is 7.05. The number of unbranched alkanes of at least 4 members (excludes halogenated alkanes) is 1. The molecule has 0 atom stereocenters. The van der Waals surface area contributed by atoms with E-state index in [0.29, 0.717) is 28.9 Å². The van der Waals surface area contributed by atoms with Gasteiger partial charge in [-0.25, -0.2) is 0 Å². The van der Waals surface area contributed by atoms with Gasteiger partial charge in [-0.3, -0.25) is 9.59 Å². The number of rotatable bonds is 8. The molecule has 0 spiro atoms. The minimum absolute atomic E-state index is 0.0901. The highest BCUT2D eigenvalue weighted by Crippen LogP contribution is 2.39. The number of phenolic OH excluding ortho intramolecular Hbond substituents is 1. The molecule has 7 nitrogen and oxygen atoms in total. The van der Waals surface area contributed by atoms with Crippen molar-refractivity contribution in [3.8, 4) is 5.75 Å². The summed E-state index contributed by atoms with van der Waals surface area (Å²) in [6, 6.07) is 23.2. The number of nitrogens with zero attached hydrogens (tertiary/aromatic N) is 2. The zero-order valence-corrected chi connectivity index (χ0v) is 20.3. The van der Waals surface area contributed by atoms with Crippen LogP contribution in [-0.2, 0) is 0 Å². The second-order valence-electron chi connectivity index (χ2n) is 8.52. The van der Waals surface area contributed by atoms with Crippen molar-refractivity contribution in [1.29, 1.82) is 0 Å². The number of azo groups is 1. The highest BCUT2D eigenvalue weighted by molar-refractivity contribution is 6.11. The van der Waals surface area contributed by atoms with Gasteiger partial charge >= 0.3 is 0 Å². The van der Waals surface area contributed by atoms with Crippen LogP contribution in [0.25, 0.3) is 10.8 Å². The van der Waals surface area contributed by atoms with Gasteiger partial charge in [-0.1, -0.05) is 61.4 Å². The van der Waals surface area contributed by atoms with Crippen LogP contribution in [0.15, 0.2) is 89.1 Å². The Kier molecular flexibility index (Phi) is 7.70. The number of carbonyl (C=O) groups excluding carboxylic acids is 2.